The lowest BCUT2D eigenvalue weighted by atomic mass is 10.0. The minimum atomic E-state index is -1.03. The van der Waals surface area contributed by atoms with Gasteiger partial charge in [0, 0.05) is 24.8 Å². The zero-order valence-corrected chi connectivity index (χ0v) is 24.0. The van der Waals surface area contributed by atoms with E-state index < -0.39 is 35.9 Å². The molecule has 5 amide bonds. The maximum absolute atomic E-state index is 13.3. The van der Waals surface area contributed by atoms with E-state index in [1.165, 1.54) is 25.3 Å². The van der Waals surface area contributed by atoms with E-state index in [1.54, 1.807) is 20.9 Å². The molecule has 15 heteroatoms. The third-order valence-electron chi connectivity index (χ3n) is 5.61. The molecular weight excluding hydrogens is 538 g/mol. The smallest absolute Gasteiger partial charge is 0.341 e. The molecule has 0 aliphatic rings. The summed E-state index contributed by atoms with van der Waals surface area (Å²) < 4.78 is 15.8. The SMILES string of the molecule is CNCC(=O)NC(C(=O)N[C@@H](CCCNC(N)=O)C(=O)Nc1ccc(C(=O)OC)c(OCCOCCN)c1)C(C)C. The van der Waals surface area contributed by atoms with Crippen molar-refractivity contribution in [3.05, 3.63) is 23.8 Å². The lowest BCUT2D eigenvalue weighted by molar-refractivity contribution is -0.131. The number of anilines is 1. The Balaban J connectivity index is 3.11. The maximum Gasteiger partial charge on any atom is 0.341 e. The number of rotatable bonds is 19. The van der Waals surface area contributed by atoms with Crippen LogP contribution in [0.5, 0.6) is 5.75 Å². The van der Waals surface area contributed by atoms with Crippen LogP contribution in [0.4, 0.5) is 10.5 Å². The fraction of sp³-hybridized carbons (Fsp3) is 0.577. The van der Waals surface area contributed by atoms with Gasteiger partial charge in [-0.25, -0.2) is 9.59 Å². The Kier molecular flexibility index (Phi) is 16.4. The second-order valence-electron chi connectivity index (χ2n) is 9.26. The summed E-state index contributed by atoms with van der Waals surface area (Å²) in [5.41, 5.74) is 10.9. The predicted octanol–water partition coefficient (Wildman–Crippen LogP) is -0.941. The highest BCUT2D eigenvalue weighted by Crippen LogP contribution is 2.25. The average Bonchev–Trinajstić information content (AvgIpc) is 2.92. The number of nitrogens with one attached hydrogen (secondary N) is 5. The molecule has 9 N–H and O–H groups in total. The lowest BCUT2D eigenvalue weighted by Crippen LogP contribution is -2.55. The molecular formula is C26H43N7O8. The van der Waals surface area contributed by atoms with Crippen LogP contribution >= 0.6 is 0 Å². The minimum absolute atomic E-state index is 0.0182. The minimum Gasteiger partial charge on any atom is -0.490 e. The van der Waals surface area contributed by atoms with E-state index in [1.807, 2.05) is 0 Å². The monoisotopic (exact) mass is 581 g/mol. The zero-order chi connectivity index (χ0) is 30.8. The van der Waals surface area contributed by atoms with Gasteiger partial charge in [0.2, 0.25) is 17.7 Å². The van der Waals surface area contributed by atoms with Crippen LogP contribution < -0.4 is 42.8 Å². The van der Waals surface area contributed by atoms with Crippen LogP contribution in [-0.4, -0.2) is 95.4 Å². The highest BCUT2D eigenvalue weighted by molar-refractivity contribution is 5.99. The number of methoxy groups -OCH3 is 1. The van der Waals surface area contributed by atoms with Crippen LogP contribution in [0.25, 0.3) is 0 Å². The molecule has 1 rings (SSSR count). The quantitative estimate of drug-likeness (QED) is 0.0784. The summed E-state index contributed by atoms with van der Waals surface area (Å²) in [6, 6.07) is 1.74. The second kappa shape index (κ2) is 19.2. The fourth-order valence-electron chi connectivity index (χ4n) is 3.59. The Morgan fingerprint density at radius 1 is 1.00 bits per heavy atom. The summed E-state index contributed by atoms with van der Waals surface area (Å²) in [4.78, 5) is 61.8. The molecule has 2 atom stereocenters. The molecule has 1 aromatic carbocycles. The first-order valence-corrected chi connectivity index (χ1v) is 13.2. The van der Waals surface area contributed by atoms with E-state index in [-0.39, 0.29) is 61.5 Å². The molecule has 230 valence electrons. The molecule has 0 saturated heterocycles. The Morgan fingerprint density at radius 3 is 2.34 bits per heavy atom. The number of amides is 5. The van der Waals surface area contributed by atoms with Crippen LogP contribution in [0, 0.1) is 5.92 Å². The van der Waals surface area contributed by atoms with Gasteiger partial charge < -0.3 is 52.3 Å². The van der Waals surface area contributed by atoms with E-state index in [0.717, 1.165) is 0 Å². The number of carbonyl (C=O) groups is 5. The molecule has 15 nitrogen and oxygen atoms in total. The van der Waals surface area contributed by atoms with Gasteiger partial charge in [-0.05, 0) is 37.9 Å². The van der Waals surface area contributed by atoms with E-state index in [9.17, 15) is 24.0 Å². The number of benzene rings is 1. The van der Waals surface area contributed by atoms with Crippen LogP contribution in [0.1, 0.15) is 37.0 Å². The standard InChI is InChI=1S/C26H43N7O8/c1-16(2)22(33-21(34)15-29-3)24(36)32-19(6-5-10-30-26(28)38)23(35)31-17-7-8-18(25(37)39-4)20(14-17)41-13-12-40-11-9-27/h7-8,14,16,19,22,29H,5-6,9-13,15,27H2,1-4H3,(H,31,35)(H,32,36)(H,33,34)(H3,28,30,38)/t19-,22?/m0/s1. The van der Waals surface area contributed by atoms with E-state index in [2.05, 4.69) is 26.6 Å². The lowest BCUT2D eigenvalue weighted by Gasteiger charge is -2.25. The number of hydrogen-bond donors (Lipinski definition) is 7. The number of primary amides is 1. The van der Waals surface area contributed by atoms with Crippen molar-refractivity contribution in [1.82, 2.24) is 21.3 Å². The number of nitrogens with two attached hydrogens (primary N) is 2. The van der Waals surface area contributed by atoms with Gasteiger partial charge in [0.15, 0.2) is 0 Å². The van der Waals surface area contributed by atoms with Crippen molar-refractivity contribution >= 4 is 35.4 Å². The fourth-order valence-corrected chi connectivity index (χ4v) is 3.59. The number of urea groups is 1. The second-order valence-corrected chi connectivity index (χ2v) is 9.26. The predicted molar refractivity (Wildman–Crippen MR) is 151 cm³/mol. The summed E-state index contributed by atoms with van der Waals surface area (Å²) in [6.07, 6.45) is 0.466. The summed E-state index contributed by atoms with van der Waals surface area (Å²) in [7, 11) is 2.84. The Morgan fingerprint density at radius 2 is 1.73 bits per heavy atom. The molecule has 0 radical (unpaired) electrons. The molecule has 0 saturated carbocycles. The summed E-state index contributed by atoms with van der Waals surface area (Å²) in [5.74, 6) is -2.23. The molecule has 1 aromatic rings. The third kappa shape index (κ3) is 13.3. The van der Waals surface area contributed by atoms with Crippen molar-refractivity contribution in [2.45, 2.75) is 38.8 Å². The number of likely N-dealkylation sites (N-methyl/N-ethyl adjacent to an activating group) is 1. The van der Waals surface area contributed by atoms with Crippen LogP contribution in [-0.2, 0) is 23.9 Å². The summed E-state index contributed by atoms with van der Waals surface area (Å²) >= 11 is 0. The highest BCUT2D eigenvalue weighted by Gasteiger charge is 2.29. The Bertz CT molecular complexity index is 1020. The molecule has 0 aliphatic heterocycles. The molecule has 41 heavy (non-hydrogen) atoms. The first kappa shape index (κ1) is 35.1. The van der Waals surface area contributed by atoms with E-state index in [0.29, 0.717) is 19.6 Å². The van der Waals surface area contributed by atoms with Crippen molar-refractivity contribution in [2.24, 2.45) is 17.4 Å². The number of hydrogen-bond acceptors (Lipinski definition) is 10. The normalized spacial score (nSPS) is 12.1. The Hall–Kier alpha value is -3.95. The van der Waals surface area contributed by atoms with Gasteiger partial charge in [-0.1, -0.05) is 13.8 Å². The van der Waals surface area contributed by atoms with Crippen LogP contribution in [0.2, 0.25) is 0 Å². The molecule has 0 heterocycles. The van der Waals surface area contributed by atoms with Crippen molar-refractivity contribution < 1.29 is 38.2 Å². The topological polar surface area (TPSA) is 225 Å². The summed E-state index contributed by atoms with van der Waals surface area (Å²) in [5, 5.41) is 13.2. The largest absolute Gasteiger partial charge is 0.490 e. The van der Waals surface area contributed by atoms with Gasteiger partial charge in [0.25, 0.3) is 0 Å². The first-order chi connectivity index (χ1) is 19.5. The number of ether oxygens (including phenoxy) is 3. The molecule has 0 aliphatic carbocycles. The molecule has 0 aromatic heterocycles. The maximum atomic E-state index is 13.3. The van der Waals surface area contributed by atoms with Gasteiger partial charge in [-0.15, -0.1) is 0 Å². The van der Waals surface area contributed by atoms with Crippen LogP contribution in [0.3, 0.4) is 0 Å². The van der Waals surface area contributed by atoms with Crippen molar-refractivity contribution in [1.29, 1.82) is 0 Å². The zero-order valence-electron chi connectivity index (χ0n) is 24.0. The van der Waals surface area contributed by atoms with Gasteiger partial charge >= 0.3 is 12.0 Å². The van der Waals surface area contributed by atoms with Gasteiger partial charge in [0.1, 0.15) is 30.0 Å². The highest BCUT2D eigenvalue weighted by atomic mass is 16.5. The molecule has 0 bridgehead atoms. The summed E-state index contributed by atoms with van der Waals surface area (Å²) in [6.45, 7) is 4.77. The first-order valence-electron chi connectivity index (χ1n) is 13.2. The van der Waals surface area contributed by atoms with E-state index in [4.69, 9.17) is 25.7 Å². The molecule has 0 spiro atoms. The molecule has 1 unspecified atom stereocenters. The van der Waals surface area contributed by atoms with E-state index >= 15 is 0 Å². The average molecular weight is 582 g/mol. The van der Waals surface area contributed by atoms with Crippen LogP contribution in [0.15, 0.2) is 18.2 Å². The van der Waals surface area contributed by atoms with Gasteiger partial charge in [0.05, 0.1) is 26.9 Å². The van der Waals surface area contributed by atoms with Gasteiger partial charge in [-0.3, -0.25) is 14.4 Å². The van der Waals surface area contributed by atoms with Crippen molar-refractivity contribution in [2.75, 3.05) is 58.9 Å². The Labute approximate surface area is 239 Å². The molecule has 0 fully saturated rings. The number of esters is 1. The van der Waals surface area contributed by atoms with Crippen molar-refractivity contribution in [3.8, 4) is 5.75 Å². The van der Waals surface area contributed by atoms with Gasteiger partial charge in [-0.2, -0.15) is 0 Å². The van der Waals surface area contributed by atoms with Crippen molar-refractivity contribution in [3.63, 3.8) is 0 Å². The third-order valence-corrected chi connectivity index (χ3v) is 5.61. The number of carbonyl (C=O) groups excluding carboxylic acids is 5.